The number of nitrogens with one attached hydrogen (secondary N) is 1. The molecule has 0 saturated heterocycles. The minimum absolute atomic E-state index is 0.00199. The summed E-state index contributed by atoms with van der Waals surface area (Å²) >= 11 is 5.91. The van der Waals surface area contributed by atoms with Gasteiger partial charge >= 0.3 is 0 Å². The highest BCUT2D eigenvalue weighted by Crippen LogP contribution is 2.22. The summed E-state index contributed by atoms with van der Waals surface area (Å²) in [7, 11) is 0. The average Bonchev–Trinajstić information content (AvgIpc) is 2.92. The maximum Gasteiger partial charge on any atom is 0.223 e. The van der Waals surface area contributed by atoms with Crippen LogP contribution in [0.15, 0.2) is 28.8 Å². The van der Waals surface area contributed by atoms with Crippen molar-refractivity contribution in [1.29, 1.82) is 0 Å². The minimum Gasteiger partial charge on any atom is -0.392 e. The first-order chi connectivity index (χ1) is 10.9. The number of aromatic nitrogens is 2. The second kappa shape index (κ2) is 7.57. The van der Waals surface area contributed by atoms with Crippen molar-refractivity contribution < 1.29 is 14.4 Å². The van der Waals surface area contributed by atoms with Crippen molar-refractivity contribution in [1.82, 2.24) is 15.5 Å². The Bertz CT molecular complexity index is 655. The normalized spacial score (nSPS) is 13.8. The van der Waals surface area contributed by atoms with E-state index in [1.54, 1.807) is 31.2 Å². The molecule has 6 nitrogen and oxygen atoms in total. The summed E-state index contributed by atoms with van der Waals surface area (Å²) < 4.78 is 5.00. The van der Waals surface area contributed by atoms with Crippen molar-refractivity contribution in [3.63, 3.8) is 0 Å². The molecule has 124 valence electrons. The molecule has 2 aromatic rings. The number of amides is 1. The summed E-state index contributed by atoms with van der Waals surface area (Å²) in [6.07, 6.45) is -0.689. The summed E-state index contributed by atoms with van der Waals surface area (Å²) in [5.41, 5.74) is 0.780. The predicted molar refractivity (Wildman–Crippen MR) is 85.9 cm³/mol. The summed E-state index contributed by atoms with van der Waals surface area (Å²) in [6.45, 7) is 5.40. The van der Waals surface area contributed by atoms with Crippen molar-refractivity contribution in [3.8, 4) is 0 Å². The number of rotatable bonds is 6. The van der Waals surface area contributed by atoms with Crippen molar-refractivity contribution >= 4 is 17.5 Å². The lowest BCUT2D eigenvalue weighted by Gasteiger charge is -2.19. The molecule has 2 N–H and O–H groups in total. The highest BCUT2D eigenvalue weighted by molar-refractivity contribution is 6.30. The fourth-order valence-corrected chi connectivity index (χ4v) is 2.16. The molecule has 1 amide bonds. The van der Waals surface area contributed by atoms with E-state index in [2.05, 4.69) is 15.5 Å². The first-order valence-electron chi connectivity index (χ1n) is 7.40. The maximum absolute atomic E-state index is 12.2. The number of nitrogens with zero attached hydrogens (tertiary/aromatic N) is 2. The molecule has 0 aliphatic carbocycles. The molecule has 2 rings (SSSR count). The number of benzene rings is 1. The number of aliphatic hydroxyl groups excluding tert-OH is 1. The third kappa shape index (κ3) is 4.77. The Labute approximate surface area is 139 Å². The van der Waals surface area contributed by atoms with Gasteiger partial charge in [0.2, 0.25) is 11.8 Å². The van der Waals surface area contributed by atoms with Crippen LogP contribution in [0.4, 0.5) is 0 Å². The molecule has 0 radical (unpaired) electrons. The Morgan fingerprint density at radius 1 is 1.35 bits per heavy atom. The molecule has 2 unspecified atom stereocenters. The number of hydrogen-bond donors (Lipinski definition) is 2. The van der Waals surface area contributed by atoms with Gasteiger partial charge in [0.25, 0.3) is 0 Å². The average molecular weight is 338 g/mol. The number of aryl methyl sites for hydroxylation is 1. The maximum atomic E-state index is 12.2. The molecule has 0 aliphatic rings. The third-order valence-electron chi connectivity index (χ3n) is 3.47. The van der Waals surface area contributed by atoms with Crippen molar-refractivity contribution in [2.45, 2.75) is 39.3 Å². The van der Waals surface area contributed by atoms with E-state index < -0.39 is 12.1 Å². The molecular weight excluding hydrogens is 318 g/mol. The van der Waals surface area contributed by atoms with Gasteiger partial charge in [-0.05, 0) is 23.6 Å². The van der Waals surface area contributed by atoms with Crippen LogP contribution in [0.5, 0.6) is 0 Å². The summed E-state index contributed by atoms with van der Waals surface area (Å²) in [6, 6.07) is 6.48. The van der Waals surface area contributed by atoms with Crippen LogP contribution in [0.3, 0.4) is 0 Å². The van der Waals surface area contributed by atoms with Crippen molar-refractivity contribution in [2.75, 3.05) is 0 Å². The molecule has 0 saturated carbocycles. The Morgan fingerprint density at radius 3 is 2.52 bits per heavy atom. The van der Waals surface area contributed by atoms with Gasteiger partial charge in [0, 0.05) is 11.9 Å². The molecule has 23 heavy (non-hydrogen) atoms. The lowest BCUT2D eigenvalue weighted by Crippen LogP contribution is -2.33. The van der Waals surface area contributed by atoms with Crippen LogP contribution >= 0.6 is 11.6 Å². The van der Waals surface area contributed by atoms with E-state index in [1.165, 1.54) is 0 Å². The van der Waals surface area contributed by atoms with E-state index in [9.17, 15) is 9.90 Å². The Kier molecular flexibility index (Phi) is 5.74. The molecular formula is C16H20ClN3O3. The first kappa shape index (κ1) is 17.4. The van der Waals surface area contributed by atoms with E-state index in [-0.39, 0.29) is 18.2 Å². The number of halogens is 1. The SMILES string of the molecule is Cc1nc(C(NC(=O)CC(O)C(C)C)c2ccc(Cl)cc2)no1. The lowest BCUT2D eigenvalue weighted by molar-refractivity contribution is -0.124. The quantitative estimate of drug-likeness (QED) is 0.846. The fourth-order valence-electron chi connectivity index (χ4n) is 2.03. The minimum atomic E-state index is -0.701. The van der Waals surface area contributed by atoms with Crippen molar-refractivity contribution in [3.05, 3.63) is 46.6 Å². The lowest BCUT2D eigenvalue weighted by atomic mass is 10.0. The highest BCUT2D eigenvalue weighted by atomic mass is 35.5. The predicted octanol–water partition coefficient (Wildman–Crippen LogP) is 2.64. The van der Waals surface area contributed by atoms with Crippen LogP contribution in [-0.4, -0.2) is 27.3 Å². The zero-order valence-corrected chi connectivity index (χ0v) is 14.0. The van der Waals surface area contributed by atoms with Crippen LogP contribution in [0.25, 0.3) is 0 Å². The van der Waals surface area contributed by atoms with Crippen LogP contribution in [0.2, 0.25) is 5.02 Å². The van der Waals surface area contributed by atoms with E-state index in [0.717, 1.165) is 5.56 Å². The fraction of sp³-hybridized carbons (Fsp3) is 0.438. The number of carbonyl (C=O) groups excluding carboxylic acids is 1. The molecule has 0 spiro atoms. The zero-order valence-electron chi connectivity index (χ0n) is 13.3. The van der Waals surface area contributed by atoms with Gasteiger partial charge in [-0.3, -0.25) is 4.79 Å². The Morgan fingerprint density at radius 2 is 2.00 bits per heavy atom. The van der Waals surface area contributed by atoms with Crippen LogP contribution in [-0.2, 0) is 4.79 Å². The monoisotopic (exact) mass is 337 g/mol. The molecule has 1 heterocycles. The van der Waals surface area contributed by atoms with Crippen LogP contribution in [0.1, 0.15) is 43.6 Å². The largest absolute Gasteiger partial charge is 0.392 e. The molecule has 7 heteroatoms. The number of hydrogen-bond acceptors (Lipinski definition) is 5. The van der Waals surface area contributed by atoms with Gasteiger partial charge in [-0.1, -0.05) is 42.7 Å². The zero-order chi connectivity index (χ0) is 17.0. The van der Waals surface area contributed by atoms with Gasteiger partial charge in [-0.25, -0.2) is 0 Å². The summed E-state index contributed by atoms with van der Waals surface area (Å²) in [5, 5.41) is 17.2. The molecule has 2 atom stereocenters. The van der Waals surface area contributed by atoms with Gasteiger partial charge in [-0.15, -0.1) is 0 Å². The second-order valence-corrected chi connectivity index (χ2v) is 6.18. The van der Waals surface area contributed by atoms with Gasteiger partial charge < -0.3 is 14.9 Å². The van der Waals surface area contributed by atoms with E-state index >= 15 is 0 Å². The van der Waals surface area contributed by atoms with Crippen molar-refractivity contribution in [2.24, 2.45) is 5.92 Å². The molecule has 0 bridgehead atoms. The summed E-state index contributed by atoms with van der Waals surface area (Å²) in [4.78, 5) is 16.4. The number of carbonyl (C=O) groups is 1. The van der Waals surface area contributed by atoms with Gasteiger partial charge in [0.05, 0.1) is 12.5 Å². The van der Waals surface area contributed by atoms with E-state index in [4.69, 9.17) is 16.1 Å². The van der Waals surface area contributed by atoms with Gasteiger partial charge in [0.15, 0.2) is 5.82 Å². The third-order valence-corrected chi connectivity index (χ3v) is 3.73. The topological polar surface area (TPSA) is 88.2 Å². The van der Waals surface area contributed by atoms with E-state index in [1.807, 2.05) is 13.8 Å². The first-order valence-corrected chi connectivity index (χ1v) is 7.77. The Balaban J connectivity index is 2.20. The van der Waals surface area contributed by atoms with E-state index in [0.29, 0.717) is 16.7 Å². The molecule has 1 aromatic heterocycles. The second-order valence-electron chi connectivity index (χ2n) is 5.74. The number of aliphatic hydroxyl groups is 1. The van der Waals surface area contributed by atoms with Crippen LogP contribution < -0.4 is 5.32 Å². The highest BCUT2D eigenvalue weighted by Gasteiger charge is 2.23. The molecule has 0 aliphatic heterocycles. The smallest absolute Gasteiger partial charge is 0.223 e. The standard InChI is InChI=1S/C16H20ClN3O3/c1-9(2)13(21)8-14(22)19-15(16-18-10(3)23-20-16)11-4-6-12(17)7-5-11/h4-7,9,13,15,21H,8H2,1-3H3,(H,19,22). The van der Waals surface area contributed by atoms with Gasteiger partial charge in [0.1, 0.15) is 6.04 Å². The molecule has 1 aromatic carbocycles. The van der Waals surface area contributed by atoms with Crippen LogP contribution in [0, 0.1) is 12.8 Å². The van der Waals surface area contributed by atoms with Gasteiger partial charge in [-0.2, -0.15) is 4.98 Å². The Hall–Kier alpha value is -1.92. The summed E-state index contributed by atoms with van der Waals surface area (Å²) in [5.74, 6) is 0.489. The molecule has 0 fully saturated rings.